The van der Waals surface area contributed by atoms with E-state index >= 15 is 0 Å². The van der Waals surface area contributed by atoms with Crippen LogP contribution in [0.4, 0.5) is 0 Å². The zero-order valence-corrected chi connectivity index (χ0v) is 15.7. The number of nitrogens with zero attached hydrogens (tertiary/aromatic N) is 2. The Balaban J connectivity index is 1.91. The average molecular weight is 369 g/mol. The van der Waals surface area contributed by atoms with Crippen molar-refractivity contribution in [3.63, 3.8) is 0 Å². The van der Waals surface area contributed by atoms with E-state index in [1.165, 1.54) is 28.7 Å². The topological polar surface area (TPSA) is 34.9 Å². The van der Waals surface area contributed by atoms with Crippen LogP contribution in [0.3, 0.4) is 0 Å². The maximum Gasteiger partial charge on any atom is 0.350 e. The first-order chi connectivity index (χ1) is 12.3. The van der Waals surface area contributed by atoms with Crippen molar-refractivity contribution in [3.8, 4) is 0 Å². The van der Waals surface area contributed by atoms with Crippen molar-refractivity contribution < 1.29 is 0 Å². The van der Waals surface area contributed by atoms with E-state index in [4.69, 9.17) is 0 Å². The number of thioether (sulfide) groups is 1. The van der Waals surface area contributed by atoms with Gasteiger partial charge in [0.15, 0.2) is 0 Å². The lowest BCUT2D eigenvalue weighted by Gasteiger charge is -2.12. The Morgan fingerprint density at radius 2 is 2.04 bits per heavy atom. The summed E-state index contributed by atoms with van der Waals surface area (Å²) < 4.78 is 1.85. The average Bonchev–Trinajstić information content (AvgIpc) is 3.03. The smallest absolute Gasteiger partial charge is 0.278 e. The van der Waals surface area contributed by atoms with Gasteiger partial charge in [-0.3, -0.25) is 4.57 Å². The fourth-order valence-corrected chi connectivity index (χ4v) is 5.63. The predicted octanol–water partition coefficient (Wildman–Crippen LogP) is 4.66. The molecule has 0 unspecified atom stereocenters. The van der Waals surface area contributed by atoms with E-state index in [9.17, 15) is 4.79 Å². The molecule has 4 rings (SSSR count). The fourth-order valence-electron chi connectivity index (χ4n) is 3.40. The molecule has 5 heteroatoms. The summed E-state index contributed by atoms with van der Waals surface area (Å²) in [6, 6.07) is 10.1. The minimum atomic E-state index is -0.151. The molecule has 0 bridgehead atoms. The number of thiophene rings is 1. The molecule has 0 saturated carbocycles. The number of aromatic nitrogens is 2. The van der Waals surface area contributed by atoms with E-state index in [0.717, 1.165) is 34.0 Å². The Bertz CT molecular complexity index is 973. The number of hydrogen-bond acceptors (Lipinski definition) is 4. The zero-order chi connectivity index (χ0) is 17.2. The van der Waals surface area contributed by atoms with E-state index in [0.29, 0.717) is 6.54 Å². The highest BCUT2D eigenvalue weighted by atomic mass is 32.2. The van der Waals surface area contributed by atoms with Gasteiger partial charge in [-0.25, -0.2) is 4.79 Å². The third kappa shape index (κ3) is 3.18. The van der Waals surface area contributed by atoms with Crippen molar-refractivity contribution in [2.45, 2.75) is 37.3 Å². The highest BCUT2D eigenvalue weighted by Gasteiger charge is 2.22. The van der Waals surface area contributed by atoms with Crippen molar-refractivity contribution in [1.29, 1.82) is 0 Å². The molecule has 0 amide bonds. The quantitative estimate of drug-likeness (QED) is 0.373. The third-order valence-corrected chi connectivity index (χ3v) is 6.85. The van der Waals surface area contributed by atoms with Gasteiger partial charge in [-0.2, -0.15) is 4.98 Å². The summed E-state index contributed by atoms with van der Waals surface area (Å²) in [5.74, 6) is 0.773. The summed E-state index contributed by atoms with van der Waals surface area (Å²) in [5, 5.41) is 2.09. The maximum absolute atomic E-state index is 12.8. The van der Waals surface area contributed by atoms with Crippen LogP contribution in [-0.4, -0.2) is 15.3 Å². The SMILES string of the molecule is C=CCSc1nc(=O)n(Cc2ccccc2)c2sc3c(c12)CCCC3. The lowest BCUT2D eigenvalue weighted by atomic mass is 9.97. The lowest BCUT2D eigenvalue weighted by molar-refractivity contribution is 0.698. The van der Waals surface area contributed by atoms with E-state index in [-0.39, 0.29) is 5.69 Å². The molecule has 1 aliphatic carbocycles. The summed E-state index contributed by atoms with van der Waals surface area (Å²) >= 11 is 3.41. The summed E-state index contributed by atoms with van der Waals surface area (Å²) in [6.07, 6.45) is 6.56. The molecule has 128 valence electrons. The van der Waals surface area contributed by atoms with E-state index in [1.54, 1.807) is 23.1 Å². The number of rotatable bonds is 5. The Morgan fingerprint density at radius 3 is 2.84 bits per heavy atom. The standard InChI is InChI=1S/C20H20N2OS2/c1-2-12-24-18-17-15-10-6-7-11-16(15)25-19(17)22(20(23)21-18)13-14-8-4-3-5-9-14/h2-5,8-9H,1,6-7,10-13H2. The first-order valence-electron chi connectivity index (χ1n) is 8.60. The molecule has 2 aromatic heterocycles. The van der Waals surface area contributed by atoms with Gasteiger partial charge >= 0.3 is 5.69 Å². The Morgan fingerprint density at radius 1 is 1.24 bits per heavy atom. The fraction of sp³-hybridized carbons (Fsp3) is 0.300. The van der Waals surface area contributed by atoms with Crippen molar-refractivity contribution in [2.24, 2.45) is 0 Å². The normalized spacial score (nSPS) is 13.8. The summed E-state index contributed by atoms with van der Waals surface area (Å²) in [4.78, 5) is 19.7. The predicted molar refractivity (Wildman–Crippen MR) is 107 cm³/mol. The first kappa shape index (κ1) is 16.6. The molecule has 0 atom stereocenters. The highest BCUT2D eigenvalue weighted by molar-refractivity contribution is 7.99. The van der Waals surface area contributed by atoms with Crippen molar-refractivity contribution >= 4 is 33.3 Å². The van der Waals surface area contributed by atoms with Gasteiger partial charge in [0.05, 0.1) is 6.54 Å². The van der Waals surface area contributed by atoms with Crippen LogP contribution in [-0.2, 0) is 19.4 Å². The summed E-state index contributed by atoms with van der Waals surface area (Å²) in [7, 11) is 0. The lowest BCUT2D eigenvalue weighted by Crippen LogP contribution is -2.24. The minimum absolute atomic E-state index is 0.151. The molecule has 2 heterocycles. The van der Waals surface area contributed by atoms with E-state index in [2.05, 4.69) is 23.7 Å². The minimum Gasteiger partial charge on any atom is -0.278 e. The molecule has 3 nitrogen and oxygen atoms in total. The van der Waals surface area contributed by atoms with Crippen LogP contribution in [0.1, 0.15) is 28.8 Å². The molecule has 1 aromatic carbocycles. The summed E-state index contributed by atoms with van der Waals surface area (Å²) in [5.41, 5.74) is 2.40. The largest absolute Gasteiger partial charge is 0.350 e. The van der Waals surface area contributed by atoms with E-state index in [1.807, 2.05) is 28.8 Å². The van der Waals surface area contributed by atoms with Crippen LogP contribution >= 0.6 is 23.1 Å². The van der Waals surface area contributed by atoms with Gasteiger partial charge in [-0.1, -0.05) is 36.4 Å². The second-order valence-electron chi connectivity index (χ2n) is 6.26. The molecular weight excluding hydrogens is 348 g/mol. The van der Waals surface area contributed by atoms with E-state index < -0.39 is 0 Å². The molecule has 0 spiro atoms. The molecule has 0 aliphatic heterocycles. The number of hydrogen-bond donors (Lipinski definition) is 0. The first-order valence-corrected chi connectivity index (χ1v) is 10.4. The molecule has 3 aromatic rings. The van der Waals surface area contributed by atoms with Crippen LogP contribution in [0.2, 0.25) is 0 Å². The van der Waals surface area contributed by atoms with Gasteiger partial charge in [0.2, 0.25) is 0 Å². The molecule has 0 radical (unpaired) electrons. The second kappa shape index (κ2) is 7.18. The highest BCUT2D eigenvalue weighted by Crippen LogP contribution is 2.39. The molecule has 25 heavy (non-hydrogen) atoms. The molecule has 0 N–H and O–H groups in total. The van der Waals surface area contributed by atoms with Crippen molar-refractivity contribution in [1.82, 2.24) is 9.55 Å². The number of aryl methyl sites for hydroxylation is 2. The Labute approximate surface area is 155 Å². The Kier molecular flexibility index (Phi) is 4.77. The molecule has 1 aliphatic rings. The summed E-state index contributed by atoms with van der Waals surface area (Å²) in [6.45, 7) is 4.38. The van der Waals surface area contributed by atoms with Crippen LogP contribution in [0.5, 0.6) is 0 Å². The van der Waals surface area contributed by atoms with Gasteiger partial charge < -0.3 is 0 Å². The van der Waals surface area contributed by atoms with Crippen LogP contribution < -0.4 is 5.69 Å². The molecule has 0 saturated heterocycles. The van der Waals surface area contributed by atoms with Crippen LogP contribution in [0, 0.1) is 0 Å². The Hall–Kier alpha value is -1.85. The third-order valence-electron chi connectivity index (χ3n) is 4.56. The monoisotopic (exact) mass is 368 g/mol. The maximum atomic E-state index is 12.8. The van der Waals surface area contributed by atoms with Gasteiger partial charge in [-0.05, 0) is 36.8 Å². The second-order valence-corrected chi connectivity index (χ2v) is 8.35. The van der Waals surface area contributed by atoms with Crippen molar-refractivity contribution in [2.75, 3.05) is 5.75 Å². The van der Waals surface area contributed by atoms with Crippen LogP contribution in [0.15, 0.2) is 52.8 Å². The van der Waals surface area contributed by atoms with Gasteiger partial charge in [0, 0.05) is 16.0 Å². The van der Waals surface area contributed by atoms with Crippen molar-refractivity contribution in [3.05, 3.63) is 69.5 Å². The van der Waals surface area contributed by atoms with Gasteiger partial charge in [0.1, 0.15) is 9.86 Å². The number of fused-ring (bicyclic) bond motifs is 3. The van der Waals surface area contributed by atoms with Gasteiger partial charge in [-0.15, -0.1) is 29.7 Å². The number of benzene rings is 1. The molecule has 0 fully saturated rings. The van der Waals surface area contributed by atoms with Crippen LogP contribution in [0.25, 0.3) is 10.2 Å². The van der Waals surface area contributed by atoms with Gasteiger partial charge in [0.25, 0.3) is 0 Å². The molecular formula is C20H20N2OS2. The zero-order valence-electron chi connectivity index (χ0n) is 14.0.